The Balaban J connectivity index is 2.05. The summed E-state index contributed by atoms with van der Waals surface area (Å²) < 4.78 is 13.0. The van der Waals surface area contributed by atoms with Crippen molar-refractivity contribution in [1.29, 1.82) is 0 Å². The zero-order chi connectivity index (χ0) is 13.8. The van der Waals surface area contributed by atoms with Crippen LogP contribution in [0.3, 0.4) is 0 Å². The summed E-state index contributed by atoms with van der Waals surface area (Å²) in [6, 6.07) is 7.78. The van der Waals surface area contributed by atoms with Crippen molar-refractivity contribution < 1.29 is 9.18 Å². The number of nitrogens with one attached hydrogen (secondary N) is 1. The third kappa shape index (κ3) is 3.28. The monoisotopic (exact) mass is 259 g/mol. The molecular weight excluding hydrogens is 245 g/mol. The maximum atomic E-state index is 13.0. The van der Waals surface area contributed by atoms with E-state index in [0.29, 0.717) is 5.69 Å². The summed E-state index contributed by atoms with van der Waals surface area (Å²) in [4.78, 5) is 16.0. The molecule has 1 aromatic heterocycles. The Morgan fingerprint density at radius 1 is 1.42 bits per heavy atom. The molecule has 19 heavy (non-hydrogen) atoms. The van der Waals surface area contributed by atoms with Crippen LogP contribution >= 0.6 is 0 Å². The molecule has 0 saturated heterocycles. The lowest BCUT2D eigenvalue weighted by Gasteiger charge is -2.07. The molecular formula is C14H14FN3O. The summed E-state index contributed by atoms with van der Waals surface area (Å²) in [5, 5.41) is 2.66. The largest absolute Gasteiger partial charge is 0.396 e. The molecule has 0 aliphatic carbocycles. The topological polar surface area (TPSA) is 68.0 Å². The minimum Gasteiger partial charge on any atom is -0.396 e. The second-order valence-electron chi connectivity index (χ2n) is 4.23. The second kappa shape index (κ2) is 5.48. The third-order valence-electron chi connectivity index (χ3n) is 2.73. The number of hydrogen-bond donors (Lipinski definition) is 2. The van der Waals surface area contributed by atoms with Crippen LogP contribution in [0.1, 0.15) is 11.3 Å². The highest BCUT2D eigenvalue weighted by Gasteiger charge is 2.08. The molecule has 2 rings (SSSR count). The number of nitrogen functional groups attached to an aromatic ring is 1. The Morgan fingerprint density at radius 2 is 2.21 bits per heavy atom. The van der Waals surface area contributed by atoms with Crippen LogP contribution in [0, 0.1) is 12.7 Å². The van der Waals surface area contributed by atoms with Gasteiger partial charge in [0, 0.05) is 11.9 Å². The molecule has 0 fully saturated rings. The molecule has 1 heterocycles. The van der Waals surface area contributed by atoms with Crippen LogP contribution < -0.4 is 11.1 Å². The van der Waals surface area contributed by atoms with E-state index in [-0.39, 0.29) is 18.0 Å². The molecule has 0 bridgehead atoms. The highest BCUT2D eigenvalue weighted by Crippen LogP contribution is 2.16. The van der Waals surface area contributed by atoms with Crippen molar-refractivity contribution in [3.63, 3.8) is 0 Å². The van der Waals surface area contributed by atoms with Gasteiger partial charge in [0.1, 0.15) is 5.82 Å². The lowest BCUT2D eigenvalue weighted by atomic mass is 10.1. The average molecular weight is 259 g/mol. The summed E-state index contributed by atoms with van der Waals surface area (Å²) in [7, 11) is 0. The number of nitrogens with zero attached hydrogens (tertiary/aromatic N) is 1. The normalized spacial score (nSPS) is 10.2. The number of halogens is 1. The van der Waals surface area contributed by atoms with E-state index in [1.807, 2.05) is 19.1 Å². The number of pyridine rings is 1. The predicted molar refractivity (Wildman–Crippen MR) is 72.1 cm³/mol. The smallest absolute Gasteiger partial charge is 0.230 e. The number of nitrogens with two attached hydrogens (primary N) is 1. The first-order valence-corrected chi connectivity index (χ1v) is 5.81. The molecule has 1 aromatic carbocycles. The van der Waals surface area contributed by atoms with Gasteiger partial charge in [-0.15, -0.1) is 0 Å². The maximum Gasteiger partial charge on any atom is 0.230 e. The number of aryl methyl sites for hydroxylation is 1. The lowest BCUT2D eigenvalue weighted by Crippen LogP contribution is -2.16. The Labute approximate surface area is 110 Å². The molecule has 0 atom stereocenters. The number of carbonyl (C=O) groups is 1. The maximum absolute atomic E-state index is 13.0. The number of anilines is 2. The summed E-state index contributed by atoms with van der Waals surface area (Å²) in [5.41, 5.74) is 7.58. The molecule has 3 N–H and O–H groups in total. The van der Waals surface area contributed by atoms with Gasteiger partial charge in [-0.3, -0.25) is 9.78 Å². The molecule has 1 amide bonds. The Morgan fingerprint density at radius 3 is 2.89 bits per heavy atom. The van der Waals surface area contributed by atoms with Crippen molar-refractivity contribution in [1.82, 2.24) is 4.98 Å². The second-order valence-corrected chi connectivity index (χ2v) is 4.23. The first kappa shape index (κ1) is 13.0. The number of aromatic nitrogens is 1. The molecule has 0 aliphatic heterocycles. The first-order chi connectivity index (χ1) is 9.06. The van der Waals surface area contributed by atoms with Gasteiger partial charge in [-0.05, 0) is 36.8 Å². The zero-order valence-electron chi connectivity index (χ0n) is 10.5. The summed E-state index contributed by atoms with van der Waals surface area (Å²) in [5.74, 6) is -0.716. The molecule has 0 saturated carbocycles. The molecule has 0 unspecified atom stereocenters. The summed E-state index contributed by atoms with van der Waals surface area (Å²) in [6.07, 6.45) is 1.81. The highest BCUT2D eigenvalue weighted by molar-refractivity contribution is 5.92. The average Bonchev–Trinajstić information content (AvgIpc) is 2.37. The van der Waals surface area contributed by atoms with Crippen LogP contribution in [0.25, 0.3) is 0 Å². The van der Waals surface area contributed by atoms with Gasteiger partial charge in [0.2, 0.25) is 5.91 Å². The Bertz CT molecular complexity index is 613. The van der Waals surface area contributed by atoms with Gasteiger partial charge in [0.15, 0.2) is 0 Å². The van der Waals surface area contributed by atoms with Gasteiger partial charge >= 0.3 is 0 Å². The number of amides is 1. The van der Waals surface area contributed by atoms with E-state index in [2.05, 4.69) is 10.3 Å². The number of rotatable bonds is 3. The van der Waals surface area contributed by atoms with Crippen LogP contribution in [-0.4, -0.2) is 10.9 Å². The van der Waals surface area contributed by atoms with Gasteiger partial charge in [-0.2, -0.15) is 0 Å². The van der Waals surface area contributed by atoms with E-state index in [4.69, 9.17) is 5.73 Å². The standard InChI is InChI=1S/C14H14FN3O/c1-9-3-2-6-17-13(9)8-14(19)18-10-4-5-11(15)12(16)7-10/h2-7H,8,16H2,1H3,(H,18,19). The van der Waals surface area contributed by atoms with E-state index in [0.717, 1.165) is 11.3 Å². The fraction of sp³-hybridized carbons (Fsp3) is 0.143. The van der Waals surface area contributed by atoms with Gasteiger partial charge in [0.05, 0.1) is 17.8 Å². The molecule has 0 aliphatic rings. The molecule has 4 nitrogen and oxygen atoms in total. The van der Waals surface area contributed by atoms with Gasteiger partial charge in [-0.1, -0.05) is 6.07 Å². The van der Waals surface area contributed by atoms with Crippen LogP contribution in [0.4, 0.5) is 15.8 Å². The van der Waals surface area contributed by atoms with Crippen LogP contribution in [0.15, 0.2) is 36.5 Å². The van der Waals surface area contributed by atoms with Crippen LogP contribution in [-0.2, 0) is 11.2 Å². The van der Waals surface area contributed by atoms with Gasteiger partial charge < -0.3 is 11.1 Å². The quantitative estimate of drug-likeness (QED) is 0.831. The SMILES string of the molecule is Cc1cccnc1CC(=O)Nc1ccc(F)c(N)c1. The van der Waals surface area contributed by atoms with Crippen molar-refractivity contribution in [3.8, 4) is 0 Å². The molecule has 0 radical (unpaired) electrons. The predicted octanol–water partition coefficient (Wildman–Crippen LogP) is 2.29. The Hall–Kier alpha value is -2.43. The van der Waals surface area contributed by atoms with Crippen molar-refractivity contribution in [3.05, 3.63) is 53.6 Å². The third-order valence-corrected chi connectivity index (χ3v) is 2.73. The van der Waals surface area contributed by atoms with Crippen molar-refractivity contribution in [2.24, 2.45) is 0 Å². The molecule has 0 spiro atoms. The minimum atomic E-state index is -0.501. The van der Waals surface area contributed by atoms with Gasteiger partial charge in [0.25, 0.3) is 0 Å². The van der Waals surface area contributed by atoms with E-state index < -0.39 is 5.82 Å². The fourth-order valence-corrected chi connectivity index (χ4v) is 1.68. The summed E-state index contributed by atoms with van der Waals surface area (Å²) in [6.45, 7) is 1.89. The molecule has 5 heteroatoms. The number of hydrogen-bond acceptors (Lipinski definition) is 3. The van der Waals surface area contributed by atoms with E-state index in [9.17, 15) is 9.18 Å². The summed E-state index contributed by atoms with van der Waals surface area (Å²) >= 11 is 0. The molecule has 98 valence electrons. The van der Waals surface area contributed by atoms with E-state index in [1.54, 1.807) is 6.20 Å². The van der Waals surface area contributed by atoms with Gasteiger partial charge in [-0.25, -0.2) is 4.39 Å². The highest BCUT2D eigenvalue weighted by atomic mass is 19.1. The van der Waals surface area contributed by atoms with E-state index >= 15 is 0 Å². The van der Waals surface area contributed by atoms with Crippen molar-refractivity contribution in [2.75, 3.05) is 11.1 Å². The number of benzene rings is 1. The first-order valence-electron chi connectivity index (χ1n) is 5.81. The fourth-order valence-electron chi connectivity index (χ4n) is 1.68. The van der Waals surface area contributed by atoms with Crippen molar-refractivity contribution >= 4 is 17.3 Å². The Kier molecular flexibility index (Phi) is 3.75. The zero-order valence-corrected chi connectivity index (χ0v) is 10.5. The van der Waals surface area contributed by atoms with E-state index in [1.165, 1.54) is 18.2 Å². The lowest BCUT2D eigenvalue weighted by molar-refractivity contribution is -0.115. The van der Waals surface area contributed by atoms with Crippen molar-refractivity contribution in [2.45, 2.75) is 13.3 Å². The molecule has 2 aromatic rings. The number of carbonyl (C=O) groups excluding carboxylic acids is 1. The van der Waals surface area contributed by atoms with Crippen LogP contribution in [0.2, 0.25) is 0 Å². The minimum absolute atomic E-state index is 0.00631. The van der Waals surface area contributed by atoms with Crippen LogP contribution in [0.5, 0.6) is 0 Å².